The van der Waals surface area contributed by atoms with Gasteiger partial charge in [-0.15, -0.1) is 0 Å². The van der Waals surface area contributed by atoms with Gasteiger partial charge in [-0.25, -0.2) is 0 Å². The van der Waals surface area contributed by atoms with E-state index in [1.54, 1.807) is 18.2 Å². The van der Waals surface area contributed by atoms with Gasteiger partial charge >= 0.3 is 0 Å². The number of nitrogens with one attached hydrogen (secondary N) is 1. The first-order valence-electron chi connectivity index (χ1n) is 4.56. The molecular weight excluding hydrogens is 251 g/mol. The highest BCUT2D eigenvalue weighted by atomic mass is 35.5. The number of hydrogen-bond acceptors (Lipinski definition) is 3. The number of benzene rings is 1. The van der Waals surface area contributed by atoms with Crippen molar-refractivity contribution in [3.05, 3.63) is 28.2 Å². The third kappa shape index (κ3) is 3.64. The Balaban J connectivity index is 2.76. The topological polar surface area (TPSA) is 64.3 Å². The molecule has 0 spiro atoms. The standard InChI is InChI=1S/C10H12Cl2N2O2/c1-16-9(5-13)10(15)14-8-3-6(11)2-7(12)4-8/h2-4,9H,5,13H2,1H3,(H,14,15). The smallest absolute Gasteiger partial charge is 0.254 e. The van der Waals surface area contributed by atoms with Crippen LogP contribution < -0.4 is 11.1 Å². The van der Waals surface area contributed by atoms with Gasteiger partial charge in [0.1, 0.15) is 6.10 Å². The zero-order chi connectivity index (χ0) is 12.1. The van der Waals surface area contributed by atoms with Crippen LogP contribution in [0.2, 0.25) is 10.0 Å². The number of ether oxygens (including phenoxy) is 1. The van der Waals surface area contributed by atoms with Crippen LogP contribution in [0.3, 0.4) is 0 Å². The fourth-order valence-electron chi connectivity index (χ4n) is 1.16. The summed E-state index contributed by atoms with van der Waals surface area (Å²) >= 11 is 11.6. The van der Waals surface area contributed by atoms with Gasteiger partial charge in [-0.05, 0) is 18.2 Å². The summed E-state index contributed by atoms with van der Waals surface area (Å²) in [5.41, 5.74) is 5.87. The van der Waals surface area contributed by atoms with Crippen LogP contribution >= 0.6 is 23.2 Å². The van der Waals surface area contributed by atoms with Crippen molar-refractivity contribution in [3.63, 3.8) is 0 Å². The maximum atomic E-state index is 11.6. The van der Waals surface area contributed by atoms with E-state index in [9.17, 15) is 4.79 Å². The Morgan fingerprint density at radius 3 is 2.44 bits per heavy atom. The molecule has 4 nitrogen and oxygen atoms in total. The lowest BCUT2D eigenvalue weighted by atomic mass is 10.3. The molecule has 1 unspecified atom stereocenters. The Morgan fingerprint density at radius 2 is 2.00 bits per heavy atom. The van der Waals surface area contributed by atoms with Crippen LogP contribution in [0.4, 0.5) is 5.69 Å². The Labute approximate surface area is 104 Å². The zero-order valence-electron chi connectivity index (χ0n) is 8.67. The molecule has 1 amide bonds. The molecule has 1 aromatic rings. The molecule has 1 atom stereocenters. The van der Waals surface area contributed by atoms with Crippen molar-refractivity contribution >= 4 is 34.8 Å². The van der Waals surface area contributed by atoms with E-state index in [4.69, 9.17) is 33.7 Å². The average molecular weight is 263 g/mol. The molecule has 0 aliphatic heterocycles. The van der Waals surface area contributed by atoms with Gasteiger partial charge in [0, 0.05) is 29.4 Å². The van der Waals surface area contributed by atoms with Gasteiger partial charge in [-0.3, -0.25) is 4.79 Å². The van der Waals surface area contributed by atoms with Gasteiger partial charge in [-0.1, -0.05) is 23.2 Å². The van der Waals surface area contributed by atoms with E-state index >= 15 is 0 Å². The van der Waals surface area contributed by atoms with Crippen LogP contribution in [0.5, 0.6) is 0 Å². The van der Waals surface area contributed by atoms with Crippen molar-refractivity contribution in [1.82, 2.24) is 0 Å². The highest BCUT2D eigenvalue weighted by Crippen LogP contribution is 2.22. The summed E-state index contributed by atoms with van der Waals surface area (Å²) in [6.07, 6.45) is -0.683. The number of anilines is 1. The summed E-state index contributed by atoms with van der Waals surface area (Å²) in [5.74, 6) is -0.330. The molecule has 0 aromatic heterocycles. The molecule has 0 radical (unpaired) electrons. The van der Waals surface area contributed by atoms with Crippen molar-refractivity contribution in [3.8, 4) is 0 Å². The highest BCUT2D eigenvalue weighted by molar-refractivity contribution is 6.35. The second-order valence-corrected chi connectivity index (χ2v) is 3.98. The molecule has 0 fully saturated rings. The molecule has 16 heavy (non-hydrogen) atoms. The molecule has 3 N–H and O–H groups in total. The molecule has 0 heterocycles. The molecule has 0 saturated heterocycles. The van der Waals surface area contributed by atoms with Gasteiger partial charge in [0.05, 0.1) is 0 Å². The summed E-state index contributed by atoms with van der Waals surface area (Å²) in [5, 5.41) is 3.51. The van der Waals surface area contributed by atoms with Crippen molar-refractivity contribution in [2.45, 2.75) is 6.10 Å². The summed E-state index contributed by atoms with van der Waals surface area (Å²) in [6, 6.07) is 4.76. The van der Waals surface area contributed by atoms with Crippen LogP contribution in [0.25, 0.3) is 0 Å². The van der Waals surface area contributed by atoms with Gasteiger partial charge in [0.25, 0.3) is 5.91 Å². The van der Waals surface area contributed by atoms with Gasteiger partial charge < -0.3 is 15.8 Å². The molecule has 0 aliphatic carbocycles. The highest BCUT2D eigenvalue weighted by Gasteiger charge is 2.15. The first-order chi connectivity index (χ1) is 7.56. The maximum absolute atomic E-state index is 11.6. The van der Waals surface area contributed by atoms with Crippen molar-refractivity contribution in [2.24, 2.45) is 5.73 Å². The Bertz CT molecular complexity index is 361. The molecule has 6 heteroatoms. The molecular formula is C10H12Cl2N2O2. The predicted octanol–water partition coefficient (Wildman–Crippen LogP) is 1.91. The second kappa shape index (κ2) is 6.06. The largest absolute Gasteiger partial charge is 0.370 e. The number of nitrogens with two attached hydrogens (primary N) is 1. The van der Waals surface area contributed by atoms with Crippen molar-refractivity contribution in [2.75, 3.05) is 19.0 Å². The first kappa shape index (κ1) is 13.3. The van der Waals surface area contributed by atoms with E-state index < -0.39 is 6.10 Å². The monoisotopic (exact) mass is 262 g/mol. The van der Waals surface area contributed by atoms with E-state index in [-0.39, 0.29) is 12.5 Å². The van der Waals surface area contributed by atoms with E-state index in [2.05, 4.69) is 5.32 Å². The van der Waals surface area contributed by atoms with Crippen LogP contribution in [-0.4, -0.2) is 25.7 Å². The lowest BCUT2D eigenvalue weighted by Gasteiger charge is -2.13. The number of hydrogen-bond donors (Lipinski definition) is 2. The zero-order valence-corrected chi connectivity index (χ0v) is 10.2. The lowest BCUT2D eigenvalue weighted by Crippen LogP contribution is -2.35. The molecule has 0 aliphatic rings. The first-order valence-corrected chi connectivity index (χ1v) is 5.32. The van der Waals surface area contributed by atoms with Crippen LogP contribution in [0, 0.1) is 0 Å². The fourth-order valence-corrected chi connectivity index (χ4v) is 1.69. The molecule has 1 rings (SSSR count). The summed E-state index contributed by atoms with van der Waals surface area (Å²) < 4.78 is 4.89. The minimum atomic E-state index is -0.683. The van der Waals surface area contributed by atoms with Gasteiger partial charge in [0.2, 0.25) is 0 Å². The number of rotatable bonds is 4. The van der Waals surface area contributed by atoms with E-state index in [0.717, 1.165) is 0 Å². The van der Waals surface area contributed by atoms with Crippen LogP contribution in [-0.2, 0) is 9.53 Å². The maximum Gasteiger partial charge on any atom is 0.254 e. The van der Waals surface area contributed by atoms with E-state index in [0.29, 0.717) is 15.7 Å². The van der Waals surface area contributed by atoms with E-state index in [1.807, 2.05) is 0 Å². The fraction of sp³-hybridized carbons (Fsp3) is 0.300. The third-order valence-corrected chi connectivity index (χ3v) is 2.36. The summed E-state index contributed by atoms with van der Waals surface area (Å²) in [4.78, 5) is 11.6. The van der Waals surface area contributed by atoms with E-state index in [1.165, 1.54) is 7.11 Å². The Morgan fingerprint density at radius 1 is 1.44 bits per heavy atom. The molecule has 0 bridgehead atoms. The number of amides is 1. The average Bonchev–Trinajstić information content (AvgIpc) is 2.17. The lowest BCUT2D eigenvalue weighted by molar-refractivity contribution is -0.125. The SMILES string of the molecule is COC(CN)C(=O)Nc1cc(Cl)cc(Cl)c1. The molecule has 1 aromatic carbocycles. The predicted molar refractivity (Wildman–Crippen MR) is 64.9 cm³/mol. The second-order valence-electron chi connectivity index (χ2n) is 3.11. The number of carbonyl (C=O) groups is 1. The number of methoxy groups -OCH3 is 1. The quantitative estimate of drug-likeness (QED) is 0.872. The van der Waals surface area contributed by atoms with Gasteiger partial charge in [-0.2, -0.15) is 0 Å². The van der Waals surface area contributed by atoms with Crippen LogP contribution in [0.1, 0.15) is 0 Å². The molecule has 88 valence electrons. The summed E-state index contributed by atoms with van der Waals surface area (Å²) in [7, 11) is 1.42. The molecule has 0 saturated carbocycles. The normalized spacial score (nSPS) is 12.2. The van der Waals surface area contributed by atoms with Crippen LogP contribution in [0.15, 0.2) is 18.2 Å². The third-order valence-electron chi connectivity index (χ3n) is 1.92. The number of halogens is 2. The summed E-state index contributed by atoms with van der Waals surface area (Å²) in [6.45, 7) is 0.108. The van der Waals surface area contributed by atoms with Crippen molar-refractivity contribution in [1.29, 1.82) is 0 Å². The van der Waals surface area contributed by atoms with Gasteiger partial charge in [0.15, 0.2) is 0 Å². The minimum Gasteiger partial charge on any atom is -0.370 e. The number of carbonyl (C=O) groups excluding carboxylic acids is 1. The Kier molecular flexibility index (Phi) is 5.02. The Hall–Kier alpha value is -0.810. The minimum absolute atomic E-state index is 0.108. The van der Waals surface area contributed by atoms with Crippen molar-refractivity contribution < 1.29 is 9.53 Å².